The Morgan fingerprint density at radius 3 is 2.63 bits per heavy atom. The first kappa shape index (κ1) is 16.9. The van der Waals surface area contributed by atoms with Crippen molar-refractivity contribution < 1.29 is 0 Å². The highest BCUT2D eigenvalue weighted by molar-refractivity contribution is 5.88. The number of hydrogen-bond donors (Lipinski definition) is 2. The molecule has 0 aliphatic heterocycles. The van der Waals surface area contributed by atoms with Gasteiger partial charge in [0.05, 0.1) is 11.6 Å². The zero-order valence-corrected chi connectivity index (χ0v) is 15.2. The fourth-order valence-corrected chi connectivity index (χ4v) is 2.83. The maximum Gasteiger partial charge on any atom is 0.165 e. The van der Waals surface area contributed by atoms with Crippen molar-refractivity contribution >= 4 is 22.5 Å². The van der Waals surface area contributed by atoms with Crippen LogP contribution in [-0.4, -0.2) is 42.8 Å². The number of nitrogens with one attached hydrogen (secondary N) is 2. The van der Waals surface area contributed by atoms with Gasteiger partial charge in [0.25, 0.3) is 0 Å². The van der Waals surface area contributed by atoms with Crippen LogP contribution < -0.4 is 10.6 Å². The number of pyridine rings is 2. The van der Waals surface area contributed by atoms with E-state index in [4.69, 9.17) is 4.98 Å². The van der Waals surface area contributed by atoms with E-state index in [1.165, 1.54) is 0 Å². The lowest BCUT2D eigenvalue weighted by molar-refractivity contribution is 0.786. The highest BCUT2D eigenvalue weighted by atomic mass is 15.3. The Balaban J connectivity index is 1.55. The summed E-state index contributed by atoms with van der Waals surface area (Å²) >= 11 is 0. The third-order valence-corrected chi connectivity index (χ3v) is 4.27. The van der Waals surface area contributed by atoms with Crippen LogP contribution in [0, 0.1) is 6.92 Å². The predicted molar refractivity (Wildman–Crippen MR) is 105 cm³/mol. The molecule has 0 aromatic carbocycles. The van der Waals surface area contributed by atoms with Crippen LogP contribution >= 0.6 is 0 Å². The molecule has 0 amide bonds. The van der Waals surface area contributed by atoms with Gasteiger partial charge in [-0.1, -0.05) is 0 Å². The van der Waals surface area contributed by atoms with Crippen molar-refractivity contribution in [2.24, 2.45) is 7.05 Å². The lowest BCUT2D eigenvalue weighted by Gasteiger charge is -2.11. The Morgan fingerprint density at radius 2 is 1.81 bits per heavy atom. The Kier molecular flexibility index (Phi) is 4.61. The highest BCUT2D eigenvalue weighted by Crippen LogP contribution is 2.24. The lowest BCUT2D eigenvalue weighted by atomic mass is 10.2. The summed E-state index contributed by atoms with van der Waals surface area (Å²) in [4.78, 5) is 17.6. The highest BCUT2D eigenvalue weighted by Gasteiger charge is 2.12. The molecule has 136 valence electrons. The van der Waals surface area contributed by atoms with E-state index in [1.54, 1.807) is 29.5 Å². The standard InChI is InChI=1S/C19H20N8/c1-13-10-21-7-5-16(13)22-8-9-23-18-15-12-24-27(2)19(15)26-17(25-18)14-4-3-6-20-11-14/h3-7,10-12H,8-9H2,1-2H3,(H,21,22)(H,23,25,26). The number of aromatic nitrogens is 6. The van der Waals surface area contributed by atoms with Crippen molar-refractivity contribution in [2.45, 2.75) is 6.92 Å². The second-order valence-electron chi connectivity index (χ2n) is 6.19. The molecule has 0 fully saturated rings. The molecule has 4 rings (SSSR count). The van der Waals surface area contributed by atoms with Gasteiger partial charge >= 0.3 is 0 Å². The van der Waals surface area contributed by atoms with Gasteiger partial charge in [-0.3, -0.25) is 14.6 Å². The summed E-state index contributed by atoms with van der Waals surface area (Å²) in [5.41, 5.74) is 3.85. The van der Waals surface area contributed by atoms with Gasteiger partial charge in [0, 0.05) is 56.2 Å². The summed E-state index contributed by atoms with van der Waals surface area (Å²) in [6.45, 7) is 3.49. The van der Waals surface area contributed by atoms with E-state index in [-0.39, 0.29) is 0 Å². The van der Waals surface area contributed by atoms with Crippen molar-refractivity contribution in [3.63, 3.8) is 0 Å². The number of rotatable bonds is 6. The van der Waals surface area contributed by atoms with Crippen LogP contribution in [-0.2, 0) is 7.05 Å². The van der Waals surface area contributed by atoms with Crippen LogP contribution in [0.15, 0.2) is 49.2 Å². The zero-order chi connectivity index (χ0) is 18.6. The van der Waals surface area contributed by atoms with Crippen LogP contribution in [0.2, 0.25) is 0 Å². The topological polar surface area (TPSA) is 93.4 Å². The SMILES string of the molecule is Cc1cnccc1NCCNc1nc(-c2cccnc2)nc2c1cnn2C. The van der Waals surface area contributed by atoms with Crippen molar-refractivity contribution in [1.82, 2.24) is 29.7 Å². The van der Waals surface area contributed by atoms with E-state index in [1.807, 2.05) is 38.4 Å². The second-order valence-corrected chi connectivity index (χ2v) is 6.19. The van der Waals surface area contributed by atoms with Crippen molar-refractivity contribution in [3.05, 3.63) is 54.7 Å². The van der Waals surface area contributed by atoms with Gasteiger partial charge < -0.3 is 10.6 Å². The monoisotopic (exact) mass is 360 g/mol. The number of anilines is 2. The number of fused-ring (bicyclic) bond motifs is 1. The quantitative estimate of drug-likeness (QED) is 0.511. The van der Waals surface area contributed by atoms with Gasteiger partial charge in [0.15, 0.2) is 11.5 Å². The molecule has 27 heavy (non-hydrogen) atoms. The van der Waals surface area contributed by atoms with Crippen LogP contribution in [0.5, 0.6) is 0 Å². The Hall–Kier alpha value is -3.55. The second kappa shape index (κ2) is 7.36. The lowest BCUT2D eigenvalue weighted by Crippen LogP contribution is -2.15. The van der Waals surface area contributed by atoms with Crippen LogP contribution in [0.3, 0.4) is 0 Å². The van der Waals surface area contributed by atoms with E-state index in [0.717, 1.165) is 40.2 Å². The zero-order valence-electron chi connectivity index (χ0n) is 15.2. The molecule has 0 radical (unpaired) electrons. The third-order valence-electron chi connectivity index (χ3n) is 4.27. The Labute approximate surface area is 156 Å². The molecule has 0 unspecified atom stereocenters. The summed E-state index contributed by atoms with van der Waals surface area (Å²) in [5.74, 6) is 1.39. The molecule has 0 bridgehead atoms. The number of aryl methyl sites for hydroxylation is 2. The van der Waals surface area contributed by atoms with E-state index in [9.17, 15) is 0 Å². The summed E-state index contributed by atoms with van der Waals surface area (Å²) in [6.07, 6.45) is 8.91. The molecule has 8 heteroatoms. The molecule has 2 N–H and O–H groups in total. The van der Waals surface area contributed by atoms with Crippen LogP contribution in [0.25, 0.3) is 22.4 Å². The normalized spacial score (nSPS) is 10.9. The van der Waals surface area contributed by atoms with Gasteiger partial charge in [-0.2, -0.15) is 5.10 Å². The van der Waals surface area contributed by atoms with Crippen molar-refractivity contribution in [1.29, 1.82) is 0 Å². The molecule has 0 aliphatic rings. The predicted octanol–water partition coefficient (Wildman–Crippen LogP) is 2.65. The minimum absolute atomic E-state index is 0.625. The van der Waals surface area contributed by atoms with Crippen molar-refractivity contribution in [2.75, 3.05) is 23.7 Å². The largest absolute Gasteiger partial charge is 0.383 e. The molecular weight excluding hydrogens is 340 g/mol. The minimum Gasteiger partial charge on any atom is -0.383 e. The molecule has 0 atom stereocenters. The molecular formula is C19H20N8. The van der Waals surface area contributed by atoms with Gasteiger partial charge in [0.1, 0.15) is 5.82 Å². The van der Waals surface area contributed by atoms with Gasteiger partial charge in [-0.25, -0.2) is 9.97 Å². The summed E-state index contributed by atoms with van der Waals surface area (Å²) in [7, 11) is 1.87. The third kappa shape index (κ3) is 3.55. The van der Waals surface area contributed by atoms with E-state index in [2.05, 4.69) is 30.7 Å². The molecule has 0 saturated heterocycles. The first-order valence-corrected chi connectivity index (χ1v) is 8.71. The number of nitrogens with zero attached hydrogens (tertiary/aromatic N) is 6. The molecule has 0 saturated carbocycles. The van der Waals surface area contributed by atoms with Crippen molar-refractivity contribution in [3.8, 4) is 11.4 Å². The Bertz CT molecular complexity index is 1060. The van der Waals surface area contributed by atoms with E-state index < -0.39 is 0 Å². The number of hydrogen-bond acceptors (Lipinski definition) is 7. The molecule has 0 spiro atoms. The molecule has 4 heterocycles. The molecule has 4 aromatic heterocycles. The first-order chi connectivity index (χ1) is 13.2. The first-order valence-electron chi connectivity index (χ1n) is 8.71. The summed E-state index contributed by atoms with van der Waals surface area (Å²) in [6, 6.07) is 5.79. The van der Waals surface area contributed by atoms with Crippen LogP contribution in [0.1, 0.15) is 5.56 Å². The minimum atomic E-state index is 0.625. The fraction of sp³-hybridized carbons (Fsp3) is 0.211. The Morgan fingerprint density at radius 1 is 0.963 bits per heavy atom. The van der Waals surface area contributed by atoms with E-state index in [0.29, 0.717) is 12.4 Å². The maximum absolute atomic E-state index is 4.69. The smallest absolute Gasteiger partial charge is 0.165 e. The maximum atomic E-state index is 4.69. The van der Waals surface area contributed by atoms with Gasteiger partial charge in [0.2, 0.25) is 0 Å². The average Bonchev–Trinajstić information content (AvgIpc) is 3.08. The molecule has 0 aliphatic carbocycles. The van der Waals surface area contributed by atoms with E-state index >= 15 is 0 Å². The molecule has 8 nitrogen and oxygen atoms in total. The molecule has 4 aromatic rings. The summed E-state index contributed by atoms with van der Waals surface area (Å²) < 4.78 is 1.75. The van der Waals surface area contributed by atoms with Crippen LogP contribution in [0.4, 0.5) is 11.5 Å². The summed E-state index contributed by atoms with van der Waals surface area (Å²) in [5, 5.41) is 12.0. The van der Waals surface area contributed by atoms with Gasteiger partial charge in [-0.05, 0) is 30.7 Å². The van der Waals surface area contributed by atoms with Gasteiger partial charge in [-0.15, -0.1) is 0 Å². The fourth-order valence-electron chi connectivity index (χ4n) is 2.83. The average molecular weight is 360 g/mol.